The van der Waals surface area contributed by atoms with Crippen LogP contribution in [0.25, 0.3) is 0 Å². The van der Waals surface area contributed by atoms with Gasteiger partial charge in [0.25, 0.3) is 0 Å². The predicted molar refractivity (Wildman–Crippen MR) is 69.7 cm³/mol. The summed E-state index contributed by atoms with van der Waals surface area (Å²) in [5.41, 5.74) is 2.41. The summed E-state index contributed by atoms with van der Waals surface area (Å²) in [5.74, 6) is 0.656. The average Bonchev–Trinajstić information content (AvgIpc) is 2.13. The van der Waals surface area contributed by atoms with Crippen molar-refractivity contribution in [2.75, 3.05) is 0 Å². The fourth-order valence-electron chi connectivity index (χ4n) is 1.18. The summed E-state index contributed by atoms with van der Waals surface area (Å²) in [6.07, 6.45) is 2.13. The van der Waals surface area contributed by atoms with E-state index in [-0.39, 0.29) is 5.41 Å². The average molecular weight is 210 g/mol. The monoisotopic (exact) mass is 210 g/mol. The highest BCUT2D eigenvalue weighted by molar-refractivity contribution is 5.88. The van der Waals surface area contributed by atoms with E-state index in [1.54, 1.807) is 0 Å². The molecule has 0 aromatic carbocycles. The van der Waals surface area contributed by atoms with Crippen molar-refractivity contribution in [3.8, 4) is 0 Å². The van der Waals surface area contributed by atoms with Crippen molar-refractivity contribution in [2.45, 2.75) is 61.3 Å². The zero-order valence-corrected chi connectivity index (χ0v) is 11.4. The van der Waals surface area contributed by atoms with Crippen LogP contribution in [-0.2, 0) is 0 Å². The lowest BCUT2D eigenvalue weighted by Gasteiger charge is -2.21. The Morgan fingerprint density at radius 1 is 1.13 bits per heavy atom. The second-order valence-electron chi connectivity index (χ2n) is 5.36. The molecule has 0 rings (SSSR count). The van der Waals surface area contributed by atoms with Gasteiger partial charge in [0.05, 0.1) is 0 Å². The Labute approximate surface area is 94.9 Å². The van der Waals surface area contributed by atoms with Crippen LogP contribution in [0.5, 0.6) is 0 Å². The van der Waals surface area contributed by atoms with E-state index in [1.165, 1.54) is 0 Å². The summed E-state index contributed by atoms with van der Waals surface area (Å²) >= 11 is 0. The van der Waals surface area contributed by atoms with Crippen LogP contribution in [0, 0.1) is 11.3 Å². The van der Waals surface area contributed by atoms with Crippen molar-refractivity contribution in [2.24, 2.45) is 21.5 Å². The SMILES string of the molecule is CCC(C)(C)C(C)=NN=C(C)CC(C)C. The summed E-state index contributed by atoms with van der Waals surface area (Å²) in [7, 11) is 0. The van der Waals surface area contributed by atoms with E-state index in [0.717, 1.165) is 24.3 Å². The van der Waals surface area contributed by atoms with E-state index in [1.807, 2.05) is 0 Å². The van der Waals surface area contributed by atoms with Gasteiger partial charge in [-0.1, -0.05) is 34.6 Å². The smallest absolute Gasteiger partial charge is 0.0430 e. The largest absolute Gasteiger partial charge is 0.160 e. The molecular formula is C13H26N2. The van der Waals surface area contributed by atoms with Gasteiger partial charge >= 0.3 is 0 Å². The van der Waals surface area contributed by atoms with Crippen LogP contribution in [0.4, 0.5) is 0 Å². The second kappa shape index (κ2) is 6.04. The Morgan fingerprint density at radius 2 is 1.67 bits per heavy atom. The van der Waals surface area contributed by atoms with Crippen molar-refractivity contribution >= 4 is 11.4 Å². The van der Waals surface area contributed by atoms with E-state index < -0.39 is 0 Å². The molecule has 0 aliphatic carbocycles. The molecule has 2 heteroatoms. The van der Waals surface area contributed by atoms with E-state index in [4.69, 9.17) is 0 Å². The first-order valence-electron chi connectivity index (χ1n) is 5.87. The molecular weight excluding hydrogens is 184 g/mol. The highest BCUT2D eigenvalue weighted by atomic mass is 15.2. The van der Waals surface area contributed by atoms with Crippen molar-refractivity contribution in [1.29, 1.82) is 0 Å². The lowest BCUT2D eigenvalue weighted by Crippen LogP contribution is -2.20. The van der Waals surface area contributed by atoms with Gasteiger partial charge in [-0.25, -0.2) is 0 Å². The molecule has 0 aromatic rings. The topological polar surface area (TPSA) is 24.7 Å². The van der Waals surface area contributed by atoms with Crippen molar-refractivity contribution in [3.63, 3.8) is 0 Å². The van der Waals surface area contributed by atoms with Crippen LogP contribution in [0.2, 0.25) is 0 Å². The molecule has 0 bridgehead atoms. The molecule has 2 nitrogen and oxygen atoms in total. The molecule has 0 amide bonds. The third kappa shape index (κ3) is 5.71. The highest BCUT2D eigenvalue weighted by Crippen LogP contribution is 2.21. The molecule has 88 valence electrons. The Morgan fingerprint density at radius 3 is 2.07 bits per heavy atom. The lowest BCUT2D eigenvalue weighted by molar-refractivity contribution is 0.499. The second-order valence-corrected chi connectivity index (χ2v) is 5.36. The third-order valence-corrected chi connectivity index (χ3v) is 2.94. The minimum absolute atomic E-state index is 0.168. The summed E-state index contributed by atoms with van der Waals surface area (Å²) in [6.45, 7) is 15.1. The van der Waals surface area contributed by atoms with Crippen LogP contribution in [-0.4, -0.2) is 11.4 Å². The molecule has 0 saturated carbocycles. The number of nitrogens with zero attached hydrogens (tertiary/aromatic N) is 2. The molecule has 0 fully saturated rings. The molecule has 0 heterocycles. The van der Waals surface area contributed by atoms with Gasteiger partial charge in [0.15, 0.2) is 0 Å². The summed E-state index contributed by atoms with van der Waals surface area (Å²) in [4.78, 5) is 0. The third-order valence-electron chi connectivity index (χ3n) is 2.94. The summed E-state index contributed by atoms with van der Waals surface area (Å²) in [6, 6.07) is 0. The van der Waals surface area contributed by atoms with E-state index in [9.17, 15) is 0 Å². The first kappa shape index (κ1) is 14.3. The van der Waals surface area contributed by atoms with Crippen LogP contribution >= 0.6 is 0 Å². The van der Waals surface area contributed by atoms with Crippen molar-refractivity contribution < 1.29 is 0 Å². The highest BCUT2D eigenvalue weighted by Gasteiger charge is 2.18. The standard InChI is InChI=1S/C13H26N2/c1-8-13(6,7)12(5)15-14-11(4)9-10(2)3/h10H,8-9H2,1-7H3. The number of hydrogen-bond donors (Lipinski definition) is 0. The number of rotatable bonds is 5. The van der Waals surface area contributed by atoms with Gasteiger partial charge in [0.2, 0.25) is 0 Å². The van der Waals surface area contributed by atoms with Crippen LogP contribution in [0.15, 0.2) is 10.2 Å². The molecule has 0 spiro atoms. The normalized spacial score (nSPS) is 14.9. The molecule has 0 aliphatic rings. The van der Waals surface area contributed by atoms with Gasteiger partial charge in [-0.3, -0.25) is 0 Å². The van der Waals surface area contributed by atoms with Gasteiger partial charge in [-0.15, -0.1) is 0 Å². The molecule has 0 aliphatic heterocycles. The Hall–Kier alpha value is -0.660. The minimum atomic E-state index is 0.168. The molecule has 0 N–H and O–H groups in total. The molecule has 15 heavy (non-hydrogen) atoms. The van der Waals surface area contributed by atoms with Gasteiger partial charge in [-0.2, -0.15) is 10.2 Å². The molecule has 0 radical (unpaired) electrons. The predicted octanol–water partition coefficient (Wildman–Crippen LogP) is 4.31. The zero-order valence-electron chi connectivity index (χ0n) is 11.4. The van der Waals surface area contributed by atoms with Crippen LogP contribution < -0.4 is 0 Å². The van der Waals surface area contributed by atoms with Gasteiger partial charge < -0.3 is 0 Å². The maximum Gasteiger partial charge on any atom is 0.0430 e. The van der Waals surface area contributed by atoms with Gasteiger partial charge in [0.1, 0.15) is 0 Å². The van der Waals surface area contributed by atoms with Gasteiger partial charge in [-0.05, 0) is 32.6 Å². The van der Waals surface area contributed by atoms with E-state index >= 15 is 0 Å². The fraction of sp³-hybridized carbons (Fsp3) is 0.846. The minimum Gasteiger partial charge on any atom is -0.160 e. The Bertz CT molecular complexity index is 247. The maximum atomic E-state index is 4.32. The maximum absolute atomic E-state index is 4.32. The molecule has 0 saturated heterocycles. The van der Waals surface area contributed by atoms with Crippen LogP contribution in [0.1, 0.15) is 61.3 Å². The van der Waals surface area contributed by atoms with E-state index in [0.29, 0.717) is 5.92 Å². The van der Waals surface area contributed by atoms with Gasteiger partial charge in [0, 0.05) is 16.8 Å². The lowest BCUT2D eigenvalue weighted by atomic mass is 9.86. The Kier molecular flexibility index (Phi) is 5.77. The van der Waals surface area contributed by atoms with E-state index in [2.05, 4.69) is 58.7 Å². The first-order chi connectivity index (χ1) is 6.79. The zero-order chi connectivity index (χ0) is 12.1. The molecule has 0 atom stereocenters. The van der Waals surface area contributed by atoms with Crippen LogP contribution in [0.3, 0.4) is 0 Å². The Balaban J connectivity index is 4.50. The molecule has 0 aromatic heterocycles. The summed E-state index contributed by atoms with van der Waals surface area (Å²) in [5, 5.41) is 8.61. The van der Waals surface area contributed by atoms with Crippen molar-refractivity contribution in [3.05, 3.63) is 0 Å². The first-order valence-corrected chi connectivity index (χ1v) is 5.87. The number of hydrogen-bond acceptors (Lipinski definition) is 2. The quantitative estimate of drug-likeness (QED) is 0.477. The molecule has 0 unspecified atom stereocenters. The summed E-state index contributed by atoms with van der Waals surface area (Å²) < 4.78 is 0. The van der Waals surface area contributed by atoms with Crippen molar-refractivity contribution in [1.82, 2.24) is 0 Å². The fourth-order valence-corrected chi connectivity index (χ4v) is 1.18.